The van der Waals surface area contributed by atoms with E-state index >= 15 is 0 Å². The Labute approximate surface area is 104 Å². The lowest BCUT2D eigenvalue weighted by Gasteiger charge is -2.18. The molecule has 0 spiro atoms. The van der Waals surface area contributed by atoms with Crippen molar-refractivity contribution in [2.75, 3.05) is 12.8 Å². The van der Waals surface area contributed by atoms with E-state index in [4.69, 9.17) is 0 Å². The molecule has 0 aromatic heterocycles. The molecule has 0 saturated carbocycles. The van der Waals surface area contributed by atoms with Crippen LogP contribution >= 0.6 is 11.8 Å². The molecular weight excluding hydrogens is 214 g/mol. The van der Waals surface area contributed by atoms with Gasteiger partial charge in [0.25, 0.3) is 0 Å². The Hall–Kier alpha value is -0.470. The molecule has 16 heavy (non-hydrogen) atoms. The number of nitrogens with one attached hydrogen (secondary N) is 1. The highest BCUT2D eigenvalue weighted by atomic mass is 32.2. The zero-order valence-electron chi connectivity index (χ0n) is 10.8. The number of hydrogen-bond acceptors (Lipinski definition) is 2. The Morgan fingerprint density at radius 3 is 2.62 bits per heavy atom. The van der Waals surface area contributed by atoms with Crippen molar-refractivity contribution >= 4 is 11.8 Å². The van der Waals surface area contributed by atoms with Gasteiger partial charge in [0.2, 0.25) is 0 Å². The second-order valence-electron chi connectivity index (χ2n) is 4.32. The van der Waals surface area contributed by atoms with E-state index in [1.54, 1.807) is 0 Å². The van der Waals surface area contributed by atoms with Crippen molar-refractivity contribution in [3.63, 3.8) is 0 Å². The van der Waals surface area contributed by atoms with Gasteiger partial charge in [-0.2, -0.15) is 11.8 Å². The maximum absolute atomic E-state index is 3.40. The van der Waals surface area contributed by atoms with Gasteiger partial charge >= 0.3 is 0 Å². The van der Waals surface area contributed by atoms with Crippen LogP contribution in [-0.4, -0.2) is 18.1 Å². The van der Waals surface area contributed by atoms with Crippen LogP contribution in [0.25, 0.3) is 0 Å². The first-order chi connectivity index (χ1) is 7.67. The fraction of sp³-hybridized carbons (Fsp3) is 0.571. The van der Waals surface area contributed by atoms with Crippen LogP contribution in [0.3, 0.4) is 0 Å². The second kappa shape index (κ2) is 6.97. The lowest BCUT2D eigenvalue weighted by atomic mass is 10.0. The molecule has 1 aromatic rings. The Morgan fingerprint density at radius 2 is 2.06 bits per heavy atom. The minimum atomic E-state index is 0.471. The van der Waals surface area contributed by atoms with Crippen LogP contribution in [0.15, 0.2) is 24.3 Å². The summed E-state index contributed by atoms with van der Waals surface area (Å²) in [5.74, 6) is 1.14. The molecule has 1 N–H and O–H groups in total. The molecular formula is C14H23NS. The average molecular weight is 237 g/mol. The first kappa shape index (κ1) is 13.6. The van der Waals surface area contributed by atoms with Gasteiger partial charge in [0.15, 0.2) is 0 Å². The molecule has 0 radical (unpaired) electrons. The predicted molar refractivity (Wildman–Crippen MR) is 75.2 cm³/mol. The quantitative estimate of drug-likeness (QED) is 0.810. The van der Waals surface area contributed by atoms with Crippen LogP contribution in [0.2, 0.25) is 0 Å². The van der Waals surface area contributed by atoms with E-state index in [9.17, 15) is 0 Å². The highest BCUT2D eigenvalue weighted by Gasteiger charge is 2.10. The largest absolute Gasteiger partial charge is 0.312 e. The maximum atomic E-state index is 3.40. The zero-order valence-corrected chi connectivity index (χ0v) is 11.6. The van der Waals surface area contributed by atoms with Gasteiger partial charge in [-0.1, -0.05) is 45.0 Å². The molecule has 0 bridgehead atoms. The summed E-state index contributed by atoms with van der Waals surface area (Å²) in [5, 5.41) is 4.10. The average Bonchev–Trinajstić information content (AvgIpc) is 2.30. The molecule has 1 atom stereocenters. The first-order valence-electron chi connectivity index (χ1n) is 6.05. The number of hydrogen-bond donors (Lipinski definition) is 1. The Balaban J connectivity index is 2.70. The summed E-state index contributed by atoms with van der Waals surface area (Å²) in [7, 11) is 2.05. The van der Waals surface area contributed by atoms with E-state index < -0.39 is 0 Å². The van der Waals surface area contributed by atoms with Gasteiger partial charge in [0.1, 0.15) is 0 Å². The number of aryl methyl sites for hydroxylation is 1. The van der Waals surface area contributed by atoms with Gasteiger partial charge in [0, 0.05) is 11.8 Å². The minimum absolute atomic E-state index is 0.471. The summed E-state index contributed by atoms with van der Waals surface area (Å²) in [4.78, 5) is 0. The third kappa shape index (κ3) is 4.18. The van der Waals surface area contributed by atoms with Crippen LogP contribution in [0.1, 0.15) is 37.9 Å². The molecule has 0 aliphatic rings. The molecule has 1 rings (SSSR count). The lowest BCUT2D eigenvalue weighted by molar-refractivity contribution is 0.660. The summed E-state index contributed by atoms with van der Waals surface area (Å²) in [5.41, 5.74) is 2.84. The van der Waals surface area contributed by atoms with Crippen LogP contribution in [0.5, 0.6) is 0 Å². The van der Waals surface area contributed by atoms with Crippen LogP contribution in [0, 0.1) is 0 Å². The fourth-order valence-corrected chi connectivity index (χ4v) is 2.60. The van der Waals surface area contributed by atoms with E-state index in [-0.39, 0.29) is 0 Å². The van der Waals surface area contributed by atoms with Crippen molar-refractivity contribution in [2.24, 2.45) is 0 Å². The third-order valence-corrected chi connectivity index (χ3v) is 3.90. The predicted octanol–water partition coefficient (Wildman–Crippen LogP) is 3.65. The molecule has 0 aliphatic carbocycles. The highest BCUT2D eigenvalue weighted by molar-refractivity contribution is 7.99. The SMILES string of the molecule is CCc1cccc(C(CSC(C)C)NC)c1. The topological polar surface area (TPSA) is 12.0 Å². The summed E-state index contributed by atoms with van der Waals surface area (Å²) >= 11 is 2.01. The molecule has 90 valence electrons. The Morgan fingerprint density at radius 1 is 1.31 bits per heavy atom. The van der Waals surface area contributed by atoms with E-state index in [1.807, 2.05) is 18.8 Å². The molecule has 0 aliphatic heterocycles. The second-order valence-corrected chi connectivity index (χ2v) is 5.93. The highest BCUT2D eigenvalue weighted by Crippen LogP contribution is 2.21. The van der Waals surface area contributed by atoms with Gasteiger partial charge < -0.3 is 5.32 Å². The number of thioether (sulfide) groups is 1. The zero-order chi connectivity index (χ0) is 12.0. The van der Waals surface area contributed by atoms with Crippen LogP contribution < -0.4 is 5.32 Å². The van der Waals surface area contributed by atoms with Crippen molar-refractivity contribution < 1.29 is 0 Å². The Kier molecular flexibility index (Phi) is 5.93. The van der Waals surface area contributed by atoms with E-state index in [2.05, 4.69) is 50.4 Å². The van der Waals surface area contributed by atoms with E-state index in [0.29, 0.717) is 11.3 Å². The monoisotopic (exact) mass is 237 g/mol. The van der Waals surface area contributed by atoms with Crippen molar-refractivity contribution in [3.8, 4) is 0 Å². The molecule has 2 heteroatoms. The Bertz CT molecular complexity index is 309. The van der Waals surface area contributed by atoms with Crippen molar-refractivity contribution in [1.82, 2.24) is 5.32 Å². The van der Waals surface area contributed by atoms with Gasteiger partial charge in [-0.3, -0.25) is 0 Å². The van der Waals surface area contributed by atoms with Crippen molar-refractivity contribution in [2.45, 2.75) is 38.5 Å². The summed E-state index contributed by atoms with van der Waals surface area (Å²) in [6.07, 6.45) is 1.11. The van der Waals surface area contributed by atoms with Crippen molar-refractivity contribution in [3.05, 3.63) is 35.4 Å². The van der Waals surface area contributed by atoms with Gasteiger partial charge in [0.05, 0.1) is 0 Å². The maximum Gasteiger partial charge on any atom is 0.0409 e. The summed E-state index contributed by atoms with van der Waals surface area (Å²) in [6.45, 7) is 6.70. The molecule has 1 aromatic carbocycles. The van der Waals surface area contributed by atoms with E-state index in [1.165, 1.54) is 11.1 Å². The molecule has 0 fully saturated rings. The van der Waals surface area contributed by atoms with E-state index in [0.717, 1.165) is 12.2 Å². The minimum Gasteiger partial charge on any atom is -0.312 e. The summed E-state index contributed by atoms with van der Waals surface area (Å²) in [6, 6.07) is 9.38. The molecule has 0 amide bonds. The smallest absolute Gasteiger partial charge is 0.0409 e. The molecule has 1 nitrogen and oxygen atoms in total. The fourth-order valence-electron chi connectivity index (χ4n) is 1.66. The normalized spacial score (nSPS) is 13.1. The standard InChI is InChI=1S/C14H23NS/c1-5-12-7-6-8-13(9-12)14(15-4)10-16-11(2)3/h6-9,11,14-15H,5,10H2,1-4H3. The molecule has 1 unspecified atom stereocenters. The van der Waals surface area contributed by atoms with Gasteiger partial charge in [-0.05, 0) is 29.8 Å². The molecule has 0 heterocycles. The van der Waals surface area contributed by atoms with Crippen LogP contribution in [-0.2, 0) is 6.42 Å². The van der Waals surface area contributed by atoms with Gasteiger partial charge in [-0.25, -0.2) is 0 Å². The lowest BCUT2D eigenvalue weighted by Crippen LogP contribution is -2.19. The number of benzene rings is 1. The summed E-state index contributed by atoms with van der Waals surface area (Å²) < 4.78 is 0. The first-order valence-corrected chi connectivity index (χ1v) is 7.10. The molecule has 0 saturated heterocycles. The number of rotatable bonds is 6. The van der Waals surface area contributed by atoms with Crippen LogP contribution in [0.4, 0.5) is 0 Å². The third-order valence-electron chi connectivity index (χ3n) is 2.71. The van der Waals surface area contributed by atoms with Crippen molar-refractivity contribution in [1.29, 1.82) is 0 Å². The van der Waals surface area contributed by atoms with Gasteiger partial charge in [-0.15, -0.1) is 0 Å².